The Labute approximate surface area is 119 Å². The van der Waals surface area contributed by atoms with Crippen LogP contribution in [-0.2, 0) is 0 Å². The number of ketones is 1. The van der Waals surface area contributed by atoms with Gasteiger partial charge in [0.05, 0.1) is 11.2 Å². The van der Waals surface area contributed by atoms with Crippen LogP contribution >= 0.6 is 0 Å². The maximum atomic E-state index is 12.1. The quantitative estimate of drug-likeness (QED) is 0.760. The number of nitrogens with zero attached hydrogens (tertiary/aromatic N) is 1. The van der Waals surface area contributed by atoms with Crippen LogP contribution in [0.5, 0.6) is 0 Å². The number of likely N-dealkylation sites (N-methyl/N-ethyl adjacent to an activating group) is 1. The Bertz CT molecular complexity index is 496. The van der Waals surface area contributed by atoms with Crippen LogP contribution in [0.1, 0.15) is 34.6 Å². The molecule has 20 heavy (non-hydrogen) atoms. The lowest BCUT2D eigenvalue weighted by atomic mass is 10.0. The zero-order valence-corrected chi connectivity index (χ0v) is 12.4. The molecular weight excluding hydrogens is 256 g/mol. The molecule has 0 heterocycles. The SMILES string of the molecule is CC(=O)c1ccccc1C(=O)NCC(C)(O)CN(C)C. The number of rotatable bonds is 6. The van der Waals surface area contributed by atoms with Crippen molar-refractivity contribution in [2.45, 2.75) is 19.4 Å². The smallest absolute Gasteiger partial charge is 0.252 e. The van der Waals surface area contributed by atoms with E-state index in [1.54, 1.807) is 31.2 Å². The molecule has 1 atom stereocenters. The van der Waals surface area contributed by atoms with Gasteiger partial charge in [-0.15, -0.1) is 0 Å². The molecule has 0 fully saturated rings. The van der Waals surface area contributed by atoms with Gasteiger partial charge in [-0.3, -0.25) is 9.59 Å². The minimum Gasteiger partial charge on any atom is -0.387 e. The van der Waals surface area contributed by atoms with Crippen LogP contribution in [0.3, 0.4) is 0 Å². The highest BCUT2D eigenvalue weighted by Gasteiger charge is 2.23. The van der Waals surface area contributed by atoms with Crippen molar-refractivity contribution < 1.29 is 14.7 Å². The first-order valence-corrected chi connectivity index (χ1v) is 6.48. The monoisotopic (exact) mass is 278 g/mol. The molecule has 1 aromatic rings. The molecule has 0 bridgehead atoms. The summed E-state index contributed by atoms with van der Waals surface area (Å²) in [5, 5.41) is 12.8. The third-order valence-corrected chi connectivity index (χ3v) is 2.84. The van der Waals surface area contributed by atoms with E-state index in [1.807, 2.05) is 19.0 Å². The molecule has 0 aliphatic carbocycles. The molecule has 1 rings (SSSR count). The molecule has 110 valence electrons. The standard InChI is InChI=1S/C15H22N2O3/c1-11(18)12-7-5-6-8-13(12)14(19)16-9-15(2,20)10-17(3)4/h5-8,20H,9-10H2,1-4H3,(H,16,19). The number of hydrogen-bond acceptors (Lipinski definition) is 4. The topological polar surface area (TPSA) is 69.6 Å². The second-order valence-electron chi connectivity index (χ2n) is 5.52. The van der Waals surface area contributed by atoms with Gasteiger partial charge in [-0.2, -0.15) is 0 Å². The molecule has 1 unspecified atom stereocenters. The number of hydrogen-bond donors (Lipinski definition) is 2. The van der Waals surface area contributed by atoms with Gasteiger partial charge in [0.1, 0.15) is 0 Å². The number of carbonyl (C=O) groups is 2. The van der Waals surface area contributed by atoms with E-state index in [9.17, 15) is 14.7 Å². The lowest BCUT2D eigenvalue weighted by Gasteiger charge is -2.27. The van der Waals surface area contributed by atoms with Crippen molar-refractivity contribution >= 4 is 11.7 Å². The van der Waals surface area contributed by atoms with Crippen molar-refractivity contribution in [2.75, 3.05) is 27.2 Å². The third kappa shape index (κ3) is 4.75. The van der Waals surface area contributed by atoms with E-state index < -0.39 is 5.60 Å². The minimum atomic E-state index is -1.02. The molecule has 5 heteroatoms. The first kappa shape index (κ1) is 16.3. The van der Waals surface area contributed by atoms with Gasteiger partial charge in [0.25, 0.3) is 5.91 Å². The van der Waals surface area contributed by atoms with Crippen LogP contribution in [-0.4, -0.2) is 54.5 Å². The first-order valence-electron chi connectivity index (χ1n) is 6.48. The predicted octanol–water partition coefficient (Wildman–Crippen LogP) is 0.932. The molecule has 1 aromatic carbocycles. The van der Waals surface area contributed by atoms with Gasteiger partial charge in [-0.1, -0.05) is 18.2 Å². The Morgan fingerprint density at radius 1 is 1.25 bits per heavy atom. The number of carbonyl (C=O) groups excluding carboxylic acids is 2. The van der Waals surface area contributed by atoms with Gasteiger partial charge < -0.3 is 15.3 Å². The van der Waals surface area contributed by atoms with E-state index in [0.717, 1.165) is 0 Å². The summed E-state index contributed by atoms with van der Waals surface area (Å²) >= 11 is 0. The third-order valence-electron chi connectivity index (χ3n) is 2.84. The second-order valence-corrected chi connectivity index (χ2v) is 5.52. The molecule has 1 amide bonds. The highest BCUT2D eigenvalue weighted by molar-refractivity contribution is 6.07. The van der Waals surface area contributed by atoms with E-state index in [0.29, 0.717) is 17.7 Å². The Hall–Kier alpha value is -1.72. The van der Waals surface area contributed by atoms with Crippen molar-refractivity contribution in [3.05, 3.63) is 35.4 Å². The van der Waals surface area contributed by atoms with Crippen molar-refractivity contribution in [1.29, 1.82) is 0 Å². The first-order chi connectivity index (χ1) is 9.23. The zero-order chi connectivity index (χ0) is 15.3. The van der Waals surface area contributed by atoms with E-state index in [-0.39, 0.29) is 18.2 Å². The Kier molecular flexibility index (Phi) is 5.42. The summed E-state index contributed by atoms with van der Waals surface area (Å²) < 4.78 is 0. The van der Waals surface area contributed by atoms with Gasteiger partial charge in [-0.05, 0) is 34.0 Å². The normalized spacial score (nSPS) is 13.9. The van der Waals surface area contributed by atoms with E-state index in [2.05, 4.69) is 5.32 Å². The summed E-state index contributed by atoms with van der Waals surface area (Å²) in [6, 6.07) is 6.65. The molecule has 0 aliphatic rings. The maximum absolute atomic E-state index is 12.1. The summed E-state index contributed by atoms with van der Waals surface area (Å²) in [4.78, 5) is 25.4. The number of nitrogens with one attached hydrogen (secondary N) is 1. The predicted molar refractivity (Wildman–Crippen MR) is 78.0 cm³/mol. The van der Waals surface area contributed by atoms with Crippen LogP contribution in [0, 0.1) is 0 Å². The Morgan fingerprint density at radius 3 is 2.30 bits per heavy atom. The zero-order valence-electron chi connectivity index (χ0n) is 12.4. The molecule has 0 spiro atoms. The van der Waals surface area contributed by atoms with Gasteiger partial charge in [0.15, 0.2) is 5.78 Å². The highest BCUT2D eigenvalue weighted by atomic mass is 16.3. The van der Waals surface area contributed by atoms with Gasteiger partial charge in [0.2, 0.25) is 0 Å². The number of Topliss-reactive ketones (excluding diaryl/α,β-unsaturated/α-hetero) is 1. The lowest BCUT2D eigenvalue weighted by molar-refractivity contribution is 0.0326. The largest absolute Gasteiger partial charge is 0.387 e. The van der Waals surface area contributed by atoms with E-state index in [1.165, 1.54) is 6.92 Å². The average Bonchev–Trinajstić information content (AvgIpc) is 2.34. The van der Waals surface area contributed by atoms with Gasteiger partial charge in [-0.25, -0.2) is 0 Å². The number of benzene rings is 1. The van der Waals surface area contributed by atoms with E-state index >= 15 is 0 Å². The summed E-state index contributed by atoms with van der Waals surface area (Å²) in [5.74, 6) is -0.509. The van der Waals surface area contributed by atoms with Crippen molar-refractivity contribution in [2.24, 2.45) is 0 Å². The van der Waals surface area contributed by atoms with Crippen LogP contribution in [0.25, 0.3) is 0 Å². The molecule has 5 nitrogen and oxygen atoms in total. The minimum absolute atomic E-state index is 0.121. The van der Waals surface area contributed by atoms with Crippen LogP contribution in [0.2, 0.25) is 0 Å². The summed E-state index contributed by atoms with van der Waals surface area (Å²) in [5.41, 5.74) is -0.303. The highest BCUT2D eigenvalue weighted by Crippen LogP contribution is 2.10. The molecule has 0 saturated heterocycles. The summed E-state index contributed by atoms with van der Waals surface area (Å²) in [7, 11) is 3.70. The maximum Gasteiger partial charge on any atom is 0.252 e. The van der Waals surface area contributed by atoms with Crippen molar-refractivity contribution in [1.82, 2.24) is 10.2 Å². The van der Waals surface area contributed by atoms with Crippen LogP contribution < -0.4 is 5.32 Å². The molecule has 2 N–H and O–H groups in total. The fourth-order valence-corrected chi connectivity index (χ4v) is 2.09. The van der Waals surface area contributed by atoms with Crippen molar-refractivity contribution in [3.8, 4) is 0 Å². The molecular formula is C15H22N2O3. The Morgan fingerprint density at radius 2 is 1.80 bits per heavy atom. The fraction of sp³-hybridized carbons (Fsp3) is 0.467. The molecule has 0 saturated carbocycles. The summed E-state index contributed by atoms with van der Waals surface area (Å²) in [6.07, 6.45) is 0. The van der Waals surface area contributed by atoms with Crippen LogP contribution in [0.4, 0.5) is 0 Å². The Balaban J connectivity index is 2.75. The molecule has 0 aromatic heterocycles. The lowest BCUT2D eigenvalue weighted by Crippen LogP contribution is -2.47. The van der Waals surface area contributed by atoms with Crippen molar-refractivity contribution in [3.63, 3.8) is 0 Å². The molecule has 0 radical (unpaired) electrons. The number of amides is 1. The fourth-order valence-electron chi connectivity index (χ4n) is 2.09. The second kappa shape index (κ2) is 6.63. The van der Waals surface area contributed by atoms with E-state index in [4.69, 9.17) is 0 Å². The number of aliphatic hydroxyl groups is 1. The van der Waals surface area contributed by atoms with Gasteiger partial charge in [0, 0.05) is 18.7 Å². The summed E-state index contributed by atoms with van der Waals surface area (Å²) in [6.45, 7) is 3.64. The molecule has 0 aliphatic heterocycles. The average molecular weight is 278 g/mol. The van der Waals surface area contributed by atoms with Crippen LogP contribution in [0.15, 0.2) is 24.3 Å². The van der Waals surface area contributed by atoms with Gasteiger partial charge >= 0.3 is 0 Å².